The maximum Gasteiger partial charge on any atom is 0.407 e. The molecule has 0 bridgehead atoms. The van der Waals surface area contributed by atoms with Crippen molar-refractivity contribution in [1.29, 1.82) is 0 Å². The van der Waals surface area contributed by atoms with E-state index in [0.29, 0.717) is 36.1 Å². The van der Waals surface area contributed by atoms with E-state index in [4.69, 9.17) is 16.7 Å². The summed E-state index contributed by atoms with van der Waals surface area (Å²) in [5.41, 5.74) is 0. The molecule has 116 valence electrons. The Bertz CT molecular complexity index is 723. The fourth-order valence-corrected chi connectivity index (χ4v) is 4.77. The van der Waals surface area contributed by atoms with Gasteiger partial charge in [-0.2, -0.15) is 0 Å². The number of aromatic nitrogens is 2. The second-order valence-electron chi connectivity index (χ2n) is 6.02. The Morgan fingerprint density at radius 1 is 1.36 bits per heavy atom. The predicted molar refractivity (Wildman–Crippen MR) is 85.6 cm³/mol. The van der Waals surface area contributed by atoms with E-state index in [1.165, 1.54) is 4.90 Å². The lowest BCUT2D eigenvalue weighted by Crippen LogP contribution is -2.29. The molecule has 1 aliphatic heterocycles. The number of thiophene rings is 1. The number of carbonyl (C=O) groups is 1. The van der Waals surface area contributed by atoms with Crippen LogP contribution in [0.2, 0.25) is 5.15 Å². The molecule has 1 aliphatic carbocycles. The van der Waals surface area contributed by atoms with Crippen LogP contribution in [0.15, 0.2) is 11.4 Å². The molecule has 1 saturated carbocycles. The number of nitrogens with one attached hydrogen (secondary N) is 1. The van der Waals surface area contributed by atoms with Gasteiger partial charge < -0.3 is 15.3 Å². The summed E-state index contributed by atoms with van der Waals surface area (Å²) in [5, 5.41) is 24.2. The molecule has 0 radical (unpaired) electrons. The Morgan fingerprint density at radius 2 is 2.09 bits per heavy atom. The Hall–Kier alpha value is -1.60. The number of anilines is 1. The van der Waals surface area contributed by atoms with Crippen LogP contribution in [0.1, 0.15) is 12.8 Å². The van der Waals surface area contributed by atoms with Gasteiger partial charge in [0, 0.05) is 24.5 Å². The summed E-state index contributed by atoms with van der Waals surface area (Å²) < 4.78 is 0.953. The fraction of sp³-hybridized carbons (Fsp3) is 0.500. The molecule has 6 nitrogen and oxygen atoms in total. The van der Waals surface area contributed by atoms with Crippen molar-refractivity contribution in [3.63, 3.8) is 0 Å². The molecule has 3 atom stereocenters. The van der Waals surface area contributed by atoms with Gasteiger partial charge in [0.05, 0.1) is 4.70 Å². The summed E-state index contributed by atoms with van der Waals surface area (Å²) in [7, 11) is 0. The lowest BCUT2D eigenvalue weighted by molar-refractivity contribution is 0.152. The van der Waals surface area contributed by atoms with Crippen LogP contribution >= 0.6 is 22.9 Å². The van der Waals surface area contributed by atoms with Crippen molar-refractivity contribution in [1.82, 2.24) is 15.1 Å². The second kappa shape index (κ2) is 5.24. The molecule has 0 aromatic carbocycles. The highest BCUT2D eigenvalue weighted by molar-refractivity contribution is 7.17. The molecule has 22 heavy (non-hydrogen) atoms. The van der Waals surface area contributed by atoms with E-state index in [1.54, 1.807) is 11.3 Å². The van der Waals surface area contributed by atoms with Crippen LogP contribution in [0.3, 0.4) is 0 Å². The molecule has 2 aliphatic rings. The van der Waals surface area contributed by atoms with Crippen molar-refractivity contribution in [2.24, 2.45) is 11.8 Å². The van der Waals surface area contributed by atoms with Crippen LogP contribution in [0.4, 0.5) is 10.6 Å². The van der Waals surface area contributed by atoms with Gasteiger partial charge in [0.15, 0.2) is 11.0 Å². The van der Waals surface area contributed by atoms with E-state index >= 15 is 0 Å². The molecule has 0 spiro atoms. The van der Waals surface area contributed by atoms with Gasteiger partial charge in [0.2, 0.25) is 0 Å². The van der Waals surface area contributed by atoms with Crippen LogP contribution in [0.5, 0.6) is 0 Å². The molecule has 2 aromatic heterocycles. The van der Waals surface area contributed by atoms with Crippen LogP contribution in [0.25, 0.3) is 10.1 Å². The second-order valence-corrected chi connectivity index (χ2v) is 7.30. The molecule has 3 heterocycles. The zero-order valence-corrected chi connectivity index (χ0v) is 13.3. The van der Waals surface area contributed by atoms with Crippen LogP contribution in [0, 0.1) is 11.8 Å². The largest absolute Gasteiger partial charge is 0.465 e. The van der Waals surface area contributed by atoms with Crippen molar-refractivity contribution >= 4 is 44.9 Å². The number of rotatable bonds is 2. The number of halogens is 1. The van der Waals surface area contributed by atoms with Crippen LogP contribution < -0.4 is 5.32 Å². The maximum atomic E-state index is 11.0. The molecule has 8 heteroatoms. The first-order chi connectivity index (χ1) is 10.6. The average Bonchev–Trinajstić information content (AvgIpc) is 3.15. The molecule has 1 saturated heterocycles. The van der Waals surface area contributed by atoms with E-state index in [-0.39, 0.29) is 0 Å². The van der Waals surface area contributed by atoms with E-state index in [1.807, 2.05) is 11.4 Å². The van der Waals surface area contributed by atoms with Crippen molar-refractivity contribution in [2.75, 3.05) is 18.4 Å². The zero-order chi connectivity index (χ0) is 15.3. The Kier molecular flexibility index (Phi) is 3.34. The van der Waals surface area contributed by atoms with E-state index < -0.39 is 6.09 Å². The first kappa shape index (κ1) is 14.0. The third kappa shape index (κ3) is 2.28. The summed E-state index contributed by atoms with van der Waals surface area (Å²) in [4.78, 5) is 12.6. The minimum absolute atomic E-state index is 0.324. The Labute approximate surface area is 136 Å². The molecule has 2 N–H and O–H groups in total. The van der Waals surface area contributed by atoms with Crippen molar-refractivity contribution < 1.29 is 9.90 Å². The first-order valence-corrected chi connectivity index (χ1v) is 8.51. The topological polar surface area (TPSA) is 78.4 Å². The van der Waals surface area contributed by atoms with E-state index in [9.17, 15) is 4.79 Å². The van der Waals surface area contributed by atoms with Crippen LogP contribution in [-0.2, 0) is 0 Å². The summed E-state index contributed by atoms with van der Waals surface area (Å²) >= 11 is 7.62. The van der Waals surface area contributed by atoms with Gasteiger partial charge in [-0.25, -0.2) is 4.79 Å². The smallest absolute Gasteiger partial charge is 0.407 e. The van der Waals surface area contributed by atoms with Gasteiger partial charge in [-0.3, -0.25) is 0 Å². The lowest BCUT2D eigenvalue weighted by atomic mass is 10.0. The highest BCUT2D eigenvalue weighted by Crippen LogP contribution is 2.40. The standard InChI is InChI=1S/C14H15ClN4O2S/c15-12-11-10(1-2-22-11)13(18-17-12)16-9-3-7-5-19(14(20)21)6-8(7)4-9/h1-2,7-9H,3-6H2,(H,16,18)(H,20,21)/t7-,8+,9+. The van der Waals surface area contributed by atoms with Crippen molar-refractivity contribution in [3.8, 4) is 0 Å². The number of fused-ring (bicyclic) bond motifs is 2. The highest BCUT2D eigenvalue weighted by atomic mass is 35.5. The third-order valence-electron chi connectivity index (χ3n) is 4.71. The predicted octanol–water partition coefficient (Wildman–Crippen LogP) is 3.15. The molecule has 1 amide bonds. The van der Waals surface area contributed by atoms with E-state index in [2.05, 4.69) is 15.5 Å². The fourth-order valence-electron chi connectivity index (χ4n) is 3.72. The molecule has 0 unspecified atom stereocenters. The molecule has 2 fully saturated rings. The maximum absolute atomic E-state index is 11.0. The molecular formula is C14H15ClN4O2S. The molecule has 4 rings (SSSR count). The van der Waals surface area contributed by atoms with Gasteiger partial charge in [0.25, 0.3) is 0 Å². The minimum atomic E-state index is -0.803. The monoisotopic (exact) mass is 338 g/mol. The molecular weight excluding hydrogens is 324 g/mol. The van der Waals surface area contributed by atoms with Gasteiger partial charge in [-0.15, -0.1) is 21.5 Å². The number of carboxylic acid groups (broad SMARTS) is 1. The van der Waals surface area contributed by atoms with Gasteiger partial charge in [-0.1, -0.05) is 11.6 Å². The zero-order valence-electron chi connectivity index (χ0n) is 11.7. The quantitative estimate of drug-likeness (QED) is 0.879. The normalized spacial score (nSPS) is 27.3. The first-order valence-electron chi connectivity index (χ1n) is 7.25. The SMILES string of the molecule is O=C(O)N1C[C@H]2C[C@H](Nc3nnc(Cl)c4sccc34)C[C@H]2C1. The number of hydrogen-bond acceptors (Lipinski definition) is 5. The summed E-state index contributed by atoms with van der Waals surface area (Å²) in [6.07, 6.45) is 1.15. The summed E-state index contributed by atoms with van der Waals surface area (Å²) in [6.45, 7) is 1.30. The van der Waals surface area contributed by atoms with E-state index in [0.717, 1.165) is 28.7 Å². The number of likely N-dealkylation sites (tertiary alicyclic amines) is 1. The van der Waals surface area contributed by atoms with Gasteiger partial charge in [0.1, 0.15) is 0 Å². The molecule has 2 aromatic rings. The Balaban J connectivity index is 1.48. The number of nitrogens with zero attached hydrogens (tertiary/aromatic N) is 3. The average molecular weight is 339 g/mol. The van der Waals surface area contributed by atoms with Gasteiger partial charge >= 0.3 is 6.09 Å². The summed E-state index contributed by atoms with van der Waals surface area (Å²) in [5.74, 6) is 1.68. The van der Waals surface area contributed by atoms with Gasteiger partial charge in [-0.05, 0) is 36.1 Å². The number of amides is 1. The van der Waals surface area contributed by atoms with Crippen molar-refractivity contribution in [2.45, 2.75) is 18.9 Å². The third-order valence-corrected chi connectivity index (χ3v) is 6.01. The van der Waals surface area contributed by atoms with Crippen molar-refractivity contribution in [3.05, 3.63) is 16.6 Å². The lowest BCUT2D eigenvalue weighted by Gasteiger charge is -2.18. The summed E-state index contributed by atoms with van der Waals surface area (Å²) in [6, 6.07) is 2.33. The highest BCUT2D eigenvalue weighted by Gasteiger charge is 2.42. The minimum Gasteiger partial charge on any atom is -0.465 e. The number of hydrogen-bond donors (Lipinski definition) is 2. The Morgan fingerprint density at radius 3 is 2.77 bits per heavy atom. The van der Waals surface area contributed by atoms with Crippen LogP contribution in [-0.4, -0.2) is 45.4 Å².